The van der Waals surface area contributed by atoms with Crippen LogP contribution in [-0.2, 0) is 6.54 Å². The van der Waals surface area contributed by atoms with Crippen LogP contribution in [0.4, 0.5) is 0 Å². The zero-order valence-corrected chi connectivity index (χ0v) is 17.3. The van der Waals surface area contributed by atoms with Gasteiger partial charge < -0.3 is 9.80 Å². The SMILES string of the molecule is Cc1cccc(C[NH+]2CCN(C(=O)c3ccccc3C(=O)c3ccccc3)CC2)c1. The molecule has 3 aromatic carbocycles. The molecule has 1 N–H and O–H groups in total. The van der Waals surface area contributed by atoms with Crippen molar-refractivity contribution in [2.24, 2.45) is 0 Å². The van der Waals surface area contributed by atoms with E-state index in [1.54, 1.807) is 24.3 Å². The first-order valence-electron chi connectivity index (χ1n) is 10.5. The van der Waals surface area contributed by atoms with E-state index in [0.717, 1.165) is 19.6 Å². The Morgan fingerprint density at radius 3 is 2.20 bits per heavy atom. The Labute approximate surface area is 177 Å². The molecule has 0 saturated carbocycles. The minimum absolute atomic E-state index is 0.0514. The van der Waals surface area contributed by atoms with Crippen molar-refractivity contribution in [1.29, 1.82) is 0 Å². The monoisotopic (exact) mass is 399 g/mol. The van der Waals surface area contributed by atoms with Crippen LogP contribution < -0.4 is 4.90 Å². The molecule has 1 aliphatic heterocycles. The van der Waals surface area contributed by atoms with E-state index in [9.17, 15) is 9.59 Å². The van der Waals surface area contributed by atoms with E-state index in [-0.39, 0.29) is 11.7 Å². The van der Waals surface area contributed by atoms with Gasteiger partial charge in [0.25, 0.3) is 5.91 Å². The molecule has 152 valence electrons. The van der Waals surface area contributed by atoms with Gasteiger partial charge in [0, 0.05) is 16.7 Å². The van der Waals surface area contributed by atoms with Gasteiger partial charge in [0.05, 0.1) is 31.7 Å². The van der Waals surface area contributed by atoms with Crippen molar-refractivity contribution in [3.8, 4) is 0 Å². The molecule has 0 bridgehead atoms. The Morgan fingerprint density at radius 2 is 1.50 bits per heavy atom. The van der Waals surface area contributed by atoms with Gasteiger partial charge in [-0.15, -0.1) is 0 Å². The summed E-state index contributed by atoms with van der Waals surface area (Å²) >= 11 is 0. The first-order valence-corrected chi connectivity index (χ1v) is 10.5. The van der Waals surface area contributed by atoms with Gasteiger partial charge in [-0.2, -0.15) is 0 Å². The normalized spacial score (nSPS) is 14.5. The zero-order valence-electron chi connectivity index (χ0n) is 17.3. The Hall–Kier alpha value is -3.24. The number of carbonyl (C=O) groups excluding carboxylic acids is 2. The molecule has 1 aliphatic rings. The highest BCUT2D eigenvalue weighted by molar-refractivity contribution is 6.15. The maximum Gasteiger partial charge on any atom is 0.255 e. The lowest BCUT2D eigenvalue weighted by Gasteiger charge is -2.32. The Balaban J connectivity index is 1.44. The molecule has 30 heavy (non-hydrogen) atoms. The predicted octanol–water partition coefficient (Wildman–Crippen LogP) is 2.77. The fraction of sp³-hybridized carbons (Fsp3) is 0.231. The first kappa shape index (κ1) is 20.0. The third kappa shape index (κ3) is 4.50. The van der Waals surface area contributed by atoms with Crippen molar-refractivity contribution >= 4 is 11.7 Å². The van der Waals surface area contributed by atoms with E-state index >= 15 is 0 Å². The number of ketones is 1. The number of quaternary nitrogens is 1. The maximum atomic E-state index is 13.2. The standard InChI is InChI=1S/C26H26N2O2/c1-20-8-7-9-21(18-20)19-27-14-16-28(17-15-27)26(30)24-13-6-5-12-23(24)25(29)22-10-3-2-4-11-22/h2-13,18H,14-17,19H2,1H3/p+1. The number of nitrogens with zero attached hydrogens (tertiary/aromatic N) is 1. The lowest BCUT2D eigenvalue weighted by molar-refractivity contribution is -0.917. The number of carbonyl (C=O) groups is 2. The van der Waals surface area contributed by atoms with Crippen LogP contribution in [-0.4, -0.2) is 42.8 Å². The molecule has 4 heteroatoms. The second-order valence-electron chi connectivity index (χ2n) is 7.95. The second kappa shape index (κ2) is 9.06. The van der Waals surface area contributed by atoms with Crippen molar-refractivity contribution in [3.63, 3.8) is 0 Å². The van der Waals surface area contributed by atoms with Gasteiger partial charge in [-0.3, -0.25) is 9.59 Å². The summed E-state index contributed by atoms with van der Waals surface area (Å²) < 4.78 is 0. The van der Waals surface area contributed by atoms with Gasteiger partial charge in [-0.25, -0.2) is 0 Å². The fourth-order valence-electron chi connectivity index (χ4n) is 4.10. The van der Waals surface area contributed by atoms with Gasteiger partial charge in [-0.05, 0) is 13.0 Å². The fourth-order valence-corrected chi connectivity index (χ4v) is 4.10. The molecule has 0 radical (unpaired) electrons. The number of amides is 1. The molecule has 0 aliphatic carbocycles. The maximum absolute atomic E-state index is 13.2. The number of benzene rings is 3. The molecule has 1 heterocycles. The van der Waals surface area contributed by atoms with Gasteiger partial charge in [0.2, 0.25) is 0 Å². The molecule has 0 unspecified atom stereocenters. The van der Waals surface area contributed by atoms with E-state index in [0.29, 0.717) is 29.8 Å². The average Bonchev–Trinajstić information content (AvgIpc) is 2.79. The van der Waals surface area contributed by atoms with Crippen LogP contribution in [0.5, 0.6) is 0 Å². The van der Waals surface area contributed by atoms with E-state index < -0.39 is 0 Å². The minimum atomic E-state index is -0.108. The van der Waals surface area contributed by atoms with Crippen LogP contribution in [0.2, 0.25) is 0 Å². The molecule has 4 rings (SSSR count). The predicted molar refractivity (Wildman–Crippen MR) is 118 cm³/mol. The molecule has 0 aromatic heterocycles. The quantitative estimate of drug-likeness (QED) is 0.671. The third-order valence-corrected chi connectivity index (χ3v) is 5.73. The van der Waals surface area contributed by atoms with Crippen LogP contribution in [0.25, 0.3) is 0 Å². The van der Waals surface area contributed by atoms with E-state index in [1.165, 1.54) is 16.0 Å². The molecular weight excluding hydrogens is 372 g/mol. The minimum Gasteiger partial charge on any atom is -0.328 e. The highest BCUT2D eigenvalue weighted by atomic mass is 16.2. The number of hydrogen-bond donors (Lipinski definition) is 1. The Bertz CT molecular complexity index is 1040. The molecule has 0 spiro atoms. The molecule has 4 nitrogen and oxygen atoms in total. The molecule has 1 fully saturated rings. The summed E-state index contributed by atoms with van der Waals surface area (Å²) in [5.41, 5.74) is 4.19. The number of nitrogens with one attached hydrogen (secondary N) is 1. The summed E-state index contributed by atoms with van der Waals surface area (Å²) in [6.07, 6.45) is 0. The summed E-state index contributed by atoms with van der Waals surface area (Å²) in [5, 5.41) is 0. The molecule has 0 atom stereocenters. The Morgan fingerprint density at radius 1 is 0.833 bits per heavy atom. The Kier molecular flexibility index (Phi) is 6.05. The van der Waals surface area contributed by atoms with Crippen LogP contribution in [0.15, 0.2) is 78.9 Å². The molecule has 1 saturated heterocycles. The third-order valence-electron chi connectivity index (χ3n) is 5.73. The number of piperazine rings is 1. The summed E-state index contributed by atoms with van der Waals surface area (Å²) in [5.74, 6) is -0.159. The largest absolute Gasteiger partial charge is 0.328 e. The van der Waals surface area contributed by atoms with E-state index in [4.69, 9.17) is 0 Å². The number of aryl methyl sites for hydroxylation is 1. The average molecular weight is 400 g/mol. The van der Waals surface area contributed by atoms with E-state index in [1.807, 2.05) is 35.2 Å². The molecule has 1 amide bonds. The van der Waals surface area contributed by atoms with Gasteiger partial charge >= 0.3 is 0 Å². The number of rotatable bonds is 5. The summed E-state index contributed by atoms with van der Waals surface area (Å²) in [4.78, 5) is 29.6. The van der Waals surface area contributed by atoms with Crippen molar-refractivity contribution in [3.05, 3.63) is 107 Å². The highest BCUT2D eigenvalue weighted by Crippen LogP contribution is 2.17. The molecule has 3 aromatic rings. The van der Waals surface area contributed by atoms with Gasteiger partial charge in [0.15, 0.2) is 5.78 Å². The lowest BCUT2D eigenvalue weighted by Crippen LogP contribution is -3.13. The summed E-state index contributed by atoms with van der Waals surface area (Å²) in [6.45, 7) is 6.32. The van der Waals surface area contributed by atoms with Gasteiger partial charge in [0.1, 0.15) is 6.54 Å². The van der Waals surface area contributed by atoms with Crippen molar-refractivity contribution < 1.29 is 14.5 Å². The van der Waals surface area contributed by atoms with Crippen LogP contribution in [0, 0.1) is 6.92 Å². The van der Waals surface area contributed by atoms with Crippen LogP contribution in [0.3, 0.4) is 0 Å². The van der Waals surface area contributed by atoms with E-state index in [2.05, 4.69) is 31.2 Å². The lowest BCUT2D eigenvalue weighted by atomic mass is 9.97. The van der Waals surface area contributed by atoms with Crippen LogP contribution in [0.1, 0.15) is 37.4 Å². The summed E-state index contributed by atoms with van der Waals surface area (Å²) in [6, 6.07) is 24.9. The number of hydrogen-bond acceptors (Lipinski definition) is 2. The summed E-state index contributed by atoms with van der Waals surface area (Å²) in [7, 11) is 0. The smallest absolute Gasteiger partial charge is 0.255 e. The van der Waals surface area contributed by atoms with Gasteiger partial charge in [-0.1, -0.05) is 78.4 Å². The molecular formula is C26H27N2O2+. The van der Waals surface area contributed by atoms with Crippen LogP contribution >= 0.6 is 0 Å². The van der Waals surface area contributed by atoms with Crippen molar-refractivity contribution in [2.75, 3.05) is 26.2 Å². The van der Waals surface area contributed by atoms with Crippen molar-refractivity contribution in [1.82, 2.24) is 4.90 Å². The van der Waals surface area contributed by atoms with Crippen molar-refractivity contribution in [2.45, 2.75) is 13.5 Å². The second-order valence-corrected chi connectivity index (χ2v) is 7.95. The first-order chi connectivity index (χ1) is 14.6. The highest BCUT2D eigenvalue weighted by Gasteiger charge is 2.27. The zero-order chi connectivity index (χ0) is 20.9. The topological polar surface area (TPSA) is 41.8 Å².